The van der Waals surface area contributed by atoms with Gasteiger partial charge in [0.05, 0.1) is 12.8 Å². The summed E-state index contributed by atoms with van der Waals surface area (Å²) in [6.45, 7) is 2.65. The standard InChI is InChI=1S/C20H22N4O3S/c1-3-24(17-7-5-4-6-8-17)28(25,26)18-10-11-19(22-15-18)21-13-16-9-12-20(27-2)23-14-16/h4-12,14-15H,3,13H2,1-2H3,(H,21,22). The summed E-state index contributed by atoms with van der Waals surface area (Å²) in [6.07, 6.45) is 3.08. The van der Waals surface area contributed by atoms with Crippen LogP contribution in [0.1, 0.15) is 12.5 Å². The fraction of sp³-hybridized carbons (Fsp3) is 0.200. The lowest BCUT2D eigenvalue weighted by Crippen LogP contribution is -2.30. The molecule has 0 saturated heterocycles. The Labute approximate surface area is 165 Å². The number of anilines is 2. The first-order valence-corrected chi connectivity index (χ1v) is 10.2. The highest BCUT2D eigenvalue weighted by Gasteiger charge is 2.23. The van der Waals surface area contributed by atoms with Gasteiger partial charge >= 0.3 is 0 Å². The minimum Gasteiger partial charge on any atom is -0.481 e. The zero-order chi connectivity index (χ0) is 20.0. The van der Waals surface area contributed by atoms with Crippen LogP contribution in [0.4, 0.5) is 11.5 Å². The van der Waals surface area contributed by atoms with Crippen molar-refractivity contribution in [1.29, 1.82) is 0 Å². The number of aromatic nitrogens is 2. The summed E-state index contributed by atoms with van der Waals surface area (Å²) in [4.78, 5) is 8.54. The van der Waals surface area contributed by atoms with E-state index in [1.807, 2.05) is 24.3 Å². The van der Waals surface area contributed by atoms with Crippen molar-refractivity contribution >= 4 is 21.5 Å². The molecular weight excluding hydrogens is 376 g/mol. The molecule has 0 radical (unpaired) electrons. The molecular formula is C20H22N4O3S. The van der Waals surface area contributed by atoms with Gasteiger partial charge in [-0.05, 0) is 36.8 Å². The number of hydrogen-bond donors (Lipinski definition) is 1. The summed E-state index contributed by atoms with van der Waals surface area (Å²) in [7, 11) is -2.11. The summed E-state index contributed by atoms with van der Waals surface area (Å²) in [5.41, 5.74) is 1.58. The molecule has 0 bridgehead atoms. The van der Waals surface area contributed by atoms with E-state index in [0.717, 1.165) is 5.56 Å². The molecule has 0 fully saturated rings. The lowest BCUT2D eigenvalue weighted by Gasteiger charge is -2.22. The number of hydrogen-bond acceptors (Lipinski definition) is 6. The number of rotatable bonds is 8. The lowest BCUT2D eigenvalue weighted by molar-refractivity contribution is 0.397. The van der Waals surface area contributed by atoms with Crippen LogP contribution in [-0.4, -0.2) is 32.0 Å². The monoisotopic (exact) mass is 398 g/mol. The van der Waals surface area contributed by atoms with Crippen LogP contribution in [0.15, 0.2) is 71.9 Å². The maximum atomic E-state index is 13.0. The van der Waals surface area contributed by atoms with Crippen LogP contribution < -0.4 is 14.4 Å². The number of ether oxygens (including phenoxy) is 1. The van der Waals surface area contributed by atoms with E-state index >= 15 is 0 Å². The SMILES string of the molecule is CCN(c1ccccc1)S(=O)(=O)c1ccc(NCc2ccc(OC)nc2)nc1. The molecule has 7 nitrogen and oxygen atoms in total. The Kier molecular flexibility index (Phi) is 6.10. The molecule has 0 amide bonds. The van der Waals surface area contributed by atoms with Gasteiger partial charge in [-0.1, -0.05) is 24.3 Å². The average molecular weight is 398 g/mol. The average Bonchev–Trinajstić information content (AvgIpc) is 2.74. The third kappa shape index (κ3) is 4.40. The summed E-state index contributed by atoms with van der Waals surface area (Å²) in [5, 5.41) is 3.15. The fourth-order valence-corrected chi connectivity index (χ4v) is 4.10. The van der Waals surface area contributed by atoms with Crippen LogP contribution in [0, 0.1) is 0 Å². The first kappa shape index (κ1) is 19.6. The minimum atomic E-state index is -3.68. The topological polar surface area (TPSA) is 84.4 Å². The second-order valence-corrected chi connectivity index (χ2v) is 7.81. The van der Waals surface area contributed by atoms with Crippen molar-refractivity contribution in [3.63, 3.8) is 0 Å². The molecule has 0 saturated carbocycles. The molecule has 1 aromatic carbocycles. The normalized spacial score (nSPS) is 11.1. The van der Waals surface area contributed by atoms with E-state index in [1.165, 1.54) is 10.5 Å². The van der Waals surface area contributed by atoms with E-state index in [0.29, 0.717) is 30.5 Å². The van der Waals surface area contributed by atoms with Crippen molar-refractivity contribution < 1.29 is 13.2 Å². The molecule has 0 aliphatic carbocycles. The smallest absolute Gasteiger partial charge is 0.265 e. The highest BCUT2D eigenvalue weighted by Crippen LogP contribution is 2.23. The van der Waals surface area contributed by atoms with Gasteiger partial charge in [-0.3, -0.25) is 4.31 Å². The molecule has 1 N–H and O–H groups in total. The van der Waals surface area contributed by atoms with Crippen molar-refractivity contribution in [1.82, 2.24) is 9.97 Å². The van der Waals surface area contributed by atoms with E-state index in [-0.39, 0.29) is 4.90 Å². The summed E-state index contributed by atoms with van der Waals surface area (Å²) < 4.78 is 32.3. The molecule has 0 spiro atoms. The van der Waals surface area contributed by atoms with Crippen LogP contribution in [0.3, 0.4) is 0 Å². The van der Waals surface area contributed by atoms with Crippen LogP contribution in [0.2, 0.25) is 0 Å². The number of pyridine rings is 2. The van der Waals surface area contributed by atoms with Gasteiger partial charge in [0.25, 0.3) is 10.0 Å². The minimum absolute atomic E-state index is 0.148. The quantitative estimate of drug-likeness (QED) is 0.627. The van der Waals surface area contributed by atoms with Gasteiger partial charge in [-0.2, -0.15) is 0 Å². The summed E-state index contributed by atoms with van der Waals surface area (Å²) >= 11 is 0. The fourth-order valence-electron chi connectivity index (χ4n) is 2.68. The Balaban J connectivity index is 1.71. The molecule has 28 heavy (non-hydrogen) atoms. The van der Waals surface area contributed by atoms with Crippen LogP contribution in [0.5, 0.6) is 5.88 Å². The van der Waals surface area contributed by atoms with E-state index in [9.17, 15) is 8.42 Å². The Morgan fingerprint density at radius 3 is 2.36 bits per heavy atom. The molecule has 3 aromatic rings. The summed E-state index contributed by atoms with van der Waals surface area (Å²) in [5.74, 6) is 1.13. The van der Waals surface area contributed by atoms with E-state index in [2.05, 4.69) is 15.3 Å². The molecule has 2 aromatic heterocycles. The molecule has 0 atom stereocenters. The van der Waals surface area contributed by atoms with Gasteiger partial charge in [-0.25, -0.2) is 18.4 Å². The third-order valence-electron chi connectivity index (χ3n) is 4.14. The zero-order valence-corrected chi connectivity index (χ0v) is 16.6. The van der Waals surface area contributed by atoms with E-state index in [4.69, 9.17) is 4.74 Å². The Morgan fingerprint density at radius 1 is 1.00 bits per heavy atom. The highest BCUT2D eigenvalue weighted by molar-refractivity contribution is 7.92. The molecule has 0 aliphatic heterocycles. The number of methoxy groups -OCH3 is 1. The second kappa shape index (κ2) is 8.71. The molecule has 3 rings (SSSR count). The Hall–Kier alpha value is -3.13. The van der Waals surface area contributed by atoms with Crippen molar-refractivity contribution in [3.05, 3.63) is 72.6 Å². The molecule has 8 heteroatoms. The number of para-hydroxylation sites is 1. The van der Waals surface area contributed by atoms with Gasteiger partial charge in [-0.15, -0.1) is 0 Å². The van der Waals surface area contributed by atoms with Gasteiger partial charge in [0, 0.05) is 31.5 Å². The number of sulfonamides is 1. The maximum Gasteiger partial charge on any atom is 0.265 e. The largest absolute Gasteiger partial charge is 0.481 e. The number of nitrogens with zero attached hydrogens (tertiary/aromatic N) is 3. The van der Waals surface area contributed by atoms with Gasteiger partial charge in [0.15, 0.2) is 0 Å². The molecule has 2 heterocycles. The third-order valence-corrected chi connectivity index (χ3v) is 6.02. The molecule has 0 aliphatic rings. The number of nitrogens with one attached hydrogen (secondary N) is 1. The lowest BCUT2D eigenvalue weighted by atomic mass is 10.3. The van der Waals surface area contributed by atoms with E-state index < -0.39 is 10.0 Å². The first-order valence-electron chi connectivity index (χ1n) is 8.81. The van der Waals surface area contributed by atoms with Crippen LogP contribution in [0.25, 0.3) is 0 Å². The Morgan fingerprint density at radius 2 is 1.79 bits per heavy atom. The molecule has 0 unspecified atom stereocenters. The predicted molar refractivity (Wildman–Crippen MR) is 109 cm³/mol. The van der Waals surface area contributed by atoms with Crippen molar-refractivity contribution in [3.8, 4) is 5.88 Å². The van der Waals surface area contributed by atoms with E-state index in [1.54, 1.807) is 50.6 Å². The van der Waals surface area contributed by atoms with Gasteiger partial charge < -0.3 is 10.1 Å². The second-order valence-electron chi connectivity index (χ2n) is 5.95. The van der Waals surface area contributed by atoms with Crippen LogP contribution >= 0.6 is 0 Å². The van der Waals surface area contributed by atoms with Crippen molar-refractivity contribution in [2.24, 2.45) is 0 Å². The van der Waals surface area contributed by atoms with Crippen molar-refractivity contribution in [2.45, 2.75) is 18.4 Å². The van der Waals surface area contributed by atoms with Gasteiger partial charge in [0.1, 0.15) is 10.7 Å². The van der Waals surface area contributed by atoms with Gasteiger partial charge in [0.2, 0.25) is 5.88 Å². The zero-order valence-electron chi connectivity index (χ0n) is 15.7. The first-order chi connectivity index (χ1) is 13.5. The highest BCUT2D eigenvalue weighted by atomic mass is 32.2. The number of benzene rings is 1. The predicted octanol–water partition coefficient (Wildman–Crippen LogP) is 3.31. The summed E-state index contributed by atoms with van der Waals surface area (Å²) in [6, 6.07) is 15.9. The van der Waals surface area contributed by atoms with Crippen LogP contribution in [-0.2, 0) is 16.6 Å². The Bertz CT molecular complexity index is 992. The van der Waals surface area contributed by atoms with Crippen molar-refractivity contribution in [2.75, 3.05) is 23.3 Å². The molecule has 146 valence electrons. The maximum absolute atomic E-state index is 13.0.